The second kappa shape index (κ2) is 20.0. The Morgan fingerprint density at radius 2 is 0.775 bits per heavy atom. The SMILES string of the molecule is Cc1ccc(C2=C3C=CC(=N3)C(c3ccc(C)cc3)=C3C=CC(=N3)C(c3ccc[n+](CCCCCCCN4C=CC(=C5C=CN(C)C=C5)C=C4)c3)=C3C=CC(=N3)C(c3ccc(C)cc3)=C3C=CC2=N3)cc1. The molecule has 0 saturated carbocycles. The molecule has 71 heavy (non-hydrogen) atoms. The third-order valence-electron chi connectivity index (χ3n) is 13.8. The van der Waals surface area contributed by atoms with Crippen LogP contribution in [0.5, 0.6) is 0 Å². The highest BCUT2D eigenvalue weighted by atomic mass is 15.1. The summed E-state index contributed by atoms with van der Waals surface area (Å²) in [7, 11) is 2.05. The number of fused-ring (bicyclic) bond motifs is 4. The fourth-order valence-corrected chi connectivity index (χ4v) is 9.85. The molecule has 348 valence electrons. The van der Waals surface area contributed by atoms with Gasteiger partial charge in [-0.1, -0.05) is 102 Å². The van der Waals surface area contributed by atoms with Crippen LogP contribution in [0.4, 0.5) is 0 Å². The Bertz CT molecular complexity index is 3300. The lowest BCUT2D eigenvalue weighted by Crippen LogP contribution is -2.33. The molecule has 0 atom stereocenters. The molecule has 4 aromatic rings. The van der Waals surface area contributed by atoms with Crippen molar-refractivity contribution >= 4 is 45.1 Å². The van der Waals surface area contributed by atoms with Gasteiger partial charge in [-0.2, -0.15) is 0 Å². The van der Waals surface area contributed by atoms with Gasteiger partial charge in [0.2, 0.25) is 0 Å². The van der Waals surface area contributed by atoms with Gasteiger partial charge in [0.05, 0.1) is 51.2 Å². The molecule has 0 radical (unpaired) electrons. The Labute approximate surface area is 418 Å². The van der Waals surface area contributed by atoms with Crippen LogP contribution in [0.15, 0.2) is 249 Å². The minimum atomic E-state index is 0.863. The first-order valence-electron chi connectivity index (χ1n) is 25.0. The number of nitrogens with zero attached hydrogens (tertiary/aromatic N) is 7. The summed E-state index contributed by atoms with van der Waals surface area (Å²) in [5, 5.41) is 0. The molecule has 0 aliphatic carbocycles. The lowest BCUT2D eigenvalue weighted by molar-refractivity contribution is -0.697. The van der Waals surface area contributed by atoms with Gasteiger partial charge in [-0.3, -0.25) is 0 Å². The minimum Gasteiger partial charge on any atom is -0.357 e. The van der Waals surface area contributed by atoms with E-state index in [1.807, 2.05) is 7.05 Å². The van der Waals surface area contributed by atoms with Crippen molar-refractivity contribution in [1.29, 1.82) is 0 Å². The van der Waals surface area contributed by atoms with Crippen LogP contribution in [-0.2, 0) is 6.54 Å². The summed E-state index contributed by atoms with van der Waals surface area (Å²) in [4.78, 5) is 26.3. The predicted molar refractivity (Wildman–Crippen MR) is 295 cm³/mol. The van der Waals surface area contributed by atoms with Crippen molar-refractivity contribution in [2.75, 3.05) is 13.6 Å². The lowest BCUT2D eigenvalue weighted by atomic mass is 9.97. The first kappa shape index (κ1) is 45.2. The van der Waals surface area contributed by atoms with E-state index < -0.39 is 0 Å². The Kier molecular flexibility index (Phi) is 12.7. The maximum Gasteiger partial charge on any atom is 0.176 e. The number of hydrogen-bond acceptors (Lipinski definition) is 6. The van der Waals surface area contributed by atoms with Gasteiger partial charge in [-0.15, -0.1) is 0 Å². The van der Waals surface area contributed by atoms with Crippen LogP contribution in [0.25, 0.3) is 22.3 Å². The van der Waals surface area contributed by atoms with E-state index in [-0.39, 0.29) is 0 Å². The highest BCUT2D eigenvalue weighted by molar-refractivity contribution is 6.39. The van der Waals surface area contributed by atoms with Gasteiger partial charge >= 0.3 is 0 Å². The molecular formula is C64H58N7+. The maximum atomic E-state index is 5.51. The molecule has 11 rings (SSSR count). The third-order valence-corrected chi connectivity index (χ3v) is 13.8. The van der Waals surface area contributed by atoms with E-state index in [0.717, 1.165) is 110 Å². The molecule has 0 N–H and O–H groups in total. The highest BCUT2D eigenvalue weighted by Gasteiger charge is 2.28. The fourth-order valence-electron chi connectivity index (χ4n) is 9.85. The fraction of sp³-hybridized carbons (Fsp3) is 0.172. The van der Waals surface area contributed by atoms with E-state index in [1.165, 1.54) is 53.5 Å². The van der Waals surface area contributed by atoms with E-state index in [4.69, 9.17) is 20.0 Å². The Morgan fingerprint density at radius 3 is 1.21 bits per heavy atom. The van der Waals surface area contributed by atoms with Crippen molar-refractivity contribution in [1.82, 2.24) is 9.80 Å². The minimum absolute atomic E-state index is 0.863. The second-order valence-electron chi connectivity index (χ2n) is 19.1. The smallest absolute Gasteiger partial charge is 0.176 e. The first-order chi connectivity index (χ1) is 34.8. The number of unbranched alkanes of at least 4 members (excludes halogenated alkanes) is 4. The normalized spacial score (nSPS) is 17.8. The van der Waals surface area contributed by atoms with Gasteiger partial charge in [-0.25, -0.2) is 24.5 Å². The van der Waals surface area contributed by atoms with Crippen LogP contribution in [-0.4, -0.2) is 46.2 Å². The number of aromatic nitrogens is 1. The number of pyridine rings is 1. The Balaban J connectivity index is 0.918. The first-order valence-corrected chi connectivity index (χ1v) is 25.0. The molecule has 7 aliphatic heterocycles. The van der Waals surface area contributed by atoms with Crippen LogP contribution in [0.1, 0.15) is 71.0 Å². The molecular weight excluding hydrogens is 867 g/mol. The molecule has 1 aromatic heterocycles. The molecule has 3 aromatic carbocycles. The molecule has 8 bridgehead atoms. The summed E-state index contributed by atoms with van der Waals surface area (Å²) in [5.74, 6) is 0. The molecule has 0 spiro atoms. The summed E-state index contributed by atoms with van der Waals surface area (Å²) in [6, 6.07) is 30.4. The Morgan fingerprint density at radius 1 is 0.394 bits per heavy atom. The molecule has 7 nitrogen and oxygen atoms in total. The third kappa shape index (κ3) is 9.82. The number of rotatable bonds is 12. The van der Waals surface area contributed by atoms with E-state index in [1.54, 1.807) is 0 Å². The van der Waals surface area contributed by atoms with Gasteiger partial charge < -0.3 is 9.80 Å². The van der Waals surface area contributed by atoms with E-state index in [9.17, 15) is 0 Å². The van der Waals surface area contributed by atoms with Gasteiger partial charge in [0.15, 0.2) is 12.4 Å². The summed E-state index contributed by atoms with van der Waals surface area (Å²) >= 11 is 0. The molecule has 0 fully saturated rings. The number of hydrogen-bond donors (Lipinski definition) is 0. The van der Waals surface area contributed by atoms with Crippen LogP contribution in [0.2, 0.25) is 0 Å². The largest absolute Gasteiger partial charge is 0.357 e. The summed E-state index contributed by atoms with van der Waals surface area (Å²) < 4.78 is 2.33. The second-order valence-corrected chi connectivity index (χ2v) is 19.1. The van der Waals surface area contributed by atoms with E-state index >= 15 is 0 Å². The molecule has 7 heteroatoms. The van der Waals surface area contributed by atoms with Crippen LogP contribution in [0, 0.1) is 20.8 Å². The summed E-state index contributed by atoms with van der Waals surface area (Å²) in [6.45, 7) is 8.33. The molecule has 0 unspecified atom stereocenters. The number of benzene rings is 3. The number of allylic oxidation sites excluding steroid dienone is 18. The maximum absolute atomic E-state index is 5.51. The molecule has 0 saturated heterocycles. The lowest BCUT2D eigenvalue weighted by Gasteiger charge is -2.20. The number of aliphatic imine (C=N–C) groups is 4. The van der Waals surface area contributed by atoms with Gasteiger partial charge in [0.1, 0.15) is 6.54 Å². The molecule has 0 amide bonds. The van der Waals surface area contributed by atoms with Crippen molar-refractivity contribution < 1.29 is 4.57 Å². The number of aryl methyl sites for hydroxylation is 4. The topological polar surface area (TPSA) is 59.8 Å². The molecule has 7 aliphatic rings. The standard InChI is InChI=1S/C64H58N7/c1-44-12-18-49(19-13-44)61-53-24-26-55(65-53)62(50-20-14-45(2)15-21-50)57-28-30-59(67-57)64(60-31-29-58(68-60)63(56-27-25-54(61)66-56)51-22-16-46(3)17-23-51)52-11-10-38-71(43-52)37-9-7-5-6-8-36-70-41-34-48(35-42-70)47-32-39-69(4)40-33-47/h10-35,38-43H,5-9,36-37H2,1-4H3/q+1. The van der Waals surface area contributed by atoms with Crippen molar-refractivity contribution in [2.45, 2.75) is 59.4 Å². The zero-order valence-corrected chi connectivity index (χ0v) is 41.1. The average Bonchev–Trinajstić information content (AvgIpc) is 4.25. The van der Waals surface area contributed by atoms with Crippen LogP contribution in [0.3, 0.4) is 0 Å². The summed E-state index contributed by atoms with van der Waals surface area (Å²) in [6.07, 6.45) is 44.9. The zero-order valence-electron chi connectivity index (χ0n) is 41.1. The average molecular weight is 925 g/mol. The Hall–Kier alpha value is -8.29. The van der Waals surface area contributed by atoms with E-state index in [2.05, 4.69) is 230 Å². The van der Waals surface area contributed by atoms with Gasteiger partial charge in [0.25, 0.3) is 0 Å². The quantitative estimate of drug-likeness (QED) is 0.105. The van der Waals surface area contributed by atoms with Crippen molar-refractivity contribution in [2.24, 2.45) is 20.0 Å². The van der Waals surface area contributed by atoms with Crippen LogP contribution < -0.4 is 4.57 Å². The van der Waals surface area contributed by atoms with Crippen molar-refractivity contribution in [3.05, 3.63) is 268 Å². The van der Waals surface area contributed by atoms with Gasteiger partial charge in [0, 0.05) is 73.2 Å². The van der Waals surface area contributed by atoms with Crippen molar-refractivity contribution in [3.8, 4) is 0 Å². The summed E-state index contributed by atoms with van der Waals surface area (Å²) in [5.41, 5.74) is 21.2. The zero-order chi connectivity index (χ0) is 48.3. The molecule has 8 heterocycles. The monoisotopic (exact) mass is 924 g/mol. The predicted octanol–water partition coefficient (Wildman–Crippen LogP) is 13.5. The van der Waals surface area contributed by atoms with Crippen LogP contribution >= 0.6 is 0 Å². The van der Waals surface area contributed by atoms with E-state index in [0.29, 0.717) is 0 Å². The van der Waals surface area contributed by atoms with Crippen molar-refractivity contribution in [3.63, 3.8) is 0 Å². The van der Waals surface area contributed by atoms with Gasteiger partial charge in [-0.05, 0) is 140 Å². The highest BCUT2D eigenvalue weighted by Crippen LogP contribution is 2.39.